The molecule has 1 amide bonds. The number of nitrogens with two attached hydrogens (primary N) is 2. The summed E-state index contributed by atoms with van der Waals surface area (Å²) in [5.74, 6) is -0.0382. The summed E-state index contributed by atoms with van der Waals surface area (Å²) in [6, 6.07) is 7.11. The van der Waals surface area contributed by atoms with Gasteiger partial charge in [-0.3, -0.25) is 4.79 Å². The number of H-pyrrole nitrogens is 1. The van der Waals surface area contributed by atoms with Crippen LogP contribution in [-0.4, -0.2) is 24.0 Å². The first-order chi connectivity index (χ1) is 8.10. The van der Waals surface area contributed by atoms with Crippen LogP contribution in [0.2, 0.25) is 0 Å². The summed E-state index contributed by atoms with van der Waals surface area (Å²) in [6.07, 6.45) is 0. The zero-order valence-electron chi connectivity index (χ0n) is 9.23. The molecule has 0 aliphatic heterocycles. The van der Waals surface area contributed by atoms with Crippen molar-refractivity contribution in [1.82, 2.24) is 4.98 Å². The molecular weight excluding hydrogens is 220 g/mol. The van der Waals surface area contributed by atoms with Crippen molar-refractivity contribution in [3.05, 3.63) is 30.0 Å². The molecule has 17 heavy (non-hydrogen) atoms. The standard InChI is InChI=1S/C11H12N4O2/c1-17-7-2-3-8-6(4-7)5-9(14-8)10(16)15-11(12)13/h2-5,14H,1H3,(H4,12,13,15,16). The smallest absolute Gasteiger partial charge is 0.296 e. The maximum Gasteiger partial charge on any atom is 0.296 e. The Kier molecular flexibility index (Phi) is 2.70. The van der Waals surface area contributed by atoms with Crippen molar-refractivity contribution in [3.63, 3.8) is 0 Å². The van der Waals surface area contributed by atoms with Crippen LogP contribution >= 0.6 is 0 Å². The van der Waals surface area contributed by atoms with Gasteiger partial charge in [-0.1, -0.05) is 0 Å². The monoisotopic (exact) mass is 232 g/mol. The van der Waals surface area contributed by atoms with E-state index in [0.29, 0.717) is 5.69 Å². The molecule has 6 heteroatoms. The molecule has 0 radical (unpaired) electrons. The van der Waals surface area contributed by atoms with Crippen molar-refractivity contribution in [2.24, 2.45) is 16.5 Å². The average molecular weight is 232 g/mol. The molecule has 0 bridgehead atoms. The number of aromatic amines is 1. The highest BCUT2D eigenvalue weighted by atomic mass is 16.5. The van der Waals surface area contributed by atoms with Crippen LogP contribution in [0.25, 0.3) is 10.9 Å². The van der Waals surface area contributed by atoms with E-state index < -0.39 is 5.91 Å². The number of rotatable bonds is 2. The molecule has 88 valence electrons. The van der Waals surface area contributed by atoms with E-state index in [1.165, 1.54) is 0 Å². The van der Waals surface area contributed by atoms with Crippen molar-refractivity contribution in [2.75, 3.05) is 7.11 Å². The van der Waals surface area contributed by atoms with Gasteiger partial charge in [0, 0.05) is 10.9 Å². The average Bonchev–Trinajstić information content (AvgIpc) is 2.70. The third-order valence-corrected chi connectivity index (χ3v) is 2.29. The Morgan fingerprint density at radius 3 is 2.76 bits per heavy atom. The number of nitrogens with one attached hydrogen (secondary N) is 1. The molecule has 0 atom stereocenters. The number of carbonyl (C=O) groups is 1. The fourth-order valence-corrected chi connectivity index (χ4v) is 1.53. The van der Waals surface area contributed by atoms with Crippen molar-refractivity contribution in [1.29, 1.82) is 0 Å². The van der Waals surface area contributed by atoms with Crippen molar-refractivity contribution < 1.29 is 9.53 Å². The van der Waals surface area contributed by atoms with Gasteiger partial charge in [0.1, 0.15) is 11.4 Å². The van der Waals surface area contributed by atoms with Gasteiger partial charge in [-0.15, -0.1) is 0 Å². The minimum absolute atomic E-state index is 0.258. The van der Waals surface area contributed by atoms with Crippen LogP contribution in [0.15, 0.2) is 29.3 Å². The number of hydrogen-bond acceptors (Lipinski definition) is 2. The van der Waals surface area contributed by atoms with Gasteiger partial charge >= 0.3 is 0 Å². The summed E-state index contributed by atoms with van der Waals surface area (Å²) in [7, 11) is 1.58. The van der Waals surface area contributed by atoms with Gasteiger partial charge < -0.3 is 21.2 Å². The van der Waals surface area contributed by atoms with E-state index in [9.17, 15) is 4.79 Å². The Balaban J connectivity index is 2.44. The first-order valence-corrected chi connectivity index (χ1v) is 4.91. The molecule has 0 fully saturated rings. The molecule has 1 heterocycles. The van der Waals surface area contributed by atoms with E-state index in [4.69, 9.17) is 16.2 Å². The lowest BCUT2D eigenvalue weighted by Crippen LogP contribution is -2.24. The predicted octanol–water partition coefficient (Wildman–Crippen LogP) is 0.590. The summed E-state index contributed by atoms with van der Waals surface area (Å²) < 4.78 is 5.09. The number of amides is 1. The van der Waals surface area contributed by atoms with Gasteiger partial charge in [-0.05, 0) is 24.3 Å². The molecule has 1 aromatic carbocycles. The molecule has 0 unspecified atom stereocenters. The van der Waals surface area contributed by atoms with Crippen LogP contribution in [-0.2, 0) is 0 Å². The third kappa shape index (κ3) is 2.20. The second-order valence-electron chi connectivity index (χ2n) is 3.48. The highest BCUT2D eigenvalue weighted by molar-refractivity contribution is 6.03. The van der Waals surface area contributed by atoms with Gasteiger partial charge in [0.25, 0.3) is 5.91 Å². The maximum atomic E-state index is 11.6. The summed E-state index contributed by atoms with van der Waals surface area (Å²) >= 11 is 0. The van der Waals surface area contributed by atoms with Crippen LogP contribution in [0.5, 0.6) is 5.75 Å². The van der Waals surface area contributed by atoms with Crippen LogP contribution in [0.1, 0.15) is 10.5 Å². The first-order valence-electron chi connectivity index (χ1n) is 4.91. The molecular formula is C11H12N4O2. The number of methoxy groups -OCH3 is 1. The third-order valence-electron chi connectivity index (χ3n) is 2.29. The van der Waals surface area contributed by atoms with Crippen LogP contribution in [0.4, 0.5) is 0 Å². The Morgan fingerprint density at radius 2 is 2.12 bits per heavy atom. The molecule has 2 rings (SSSR count). The van der Waals surface area contributed by atoms with Gasteiger partial charge in [0.05, 0.1) is 7.11 Å². The lowest BCUT2D eigenvalue weighted by atomic mass is 10.2. The second-order valence-corrected chi connectivity index (χ2v) is 3.48. The van der Waals surface area contributed by atoms with Crippen molar-refractivity contribution >= 4 is 22.8 Å². The van der Waals surface area contributed by atoms with Gasteiger partial charge in [0.2, 0.25) is 0 Å². The Labute approximate surface area is 97.3 Å². The number of nitrogens with zero attached hydrogens (tertiary/aromatic N) is 1. The molecule has 0 saturated heterocycles. The number of aromatic nitrogens is 1. The lowest BCUT2D eigenvalue weighted by Gasteiger charge is -1.97. The van der Waals surface area contributed by atoms with Crippen LogP contribution in [0.3, 0.4) is 0 Å². The number of ether oxygens (including phenoxy) is 1. The highest BCUT2D eigenvalue weighted by Gasteiger charge is 2.09. The lowest BCUT2D eigenvalue weighted by molar-refractivity contribution is 0.0999. The molecule has 0 aliphatic carbocycles. The van der Waals surface area contributed by atoms with E-state index in [1.807, 2.05) is 12.1 Å². The van der Waals surface area contributed by atoms with Gasteiger partial charge in [0.15, 0.2) is 5.96 Å². The number of benzene rings is 1. The molecule has 0 aliphatic rings. The van der Waals surface area contributed by atoms with Gasteiger partial charge in [-0.25, -0.2) is 0 Å². The van der Waals surface area contributed by atoms with Crippen LogP contribution in [0, 0.1) is 0 Å². The number of aliphatic imine (C=N–C) groups is 1. The molecule has 6 nitrogen and oxygen atoms in total. The van der Waals surface area contributed by atoms with Crippen LogP contribution < -0.4 is 16.2 Å². The van der Waals surface area contributed by atoms with E-state index >= 15 is 0 Å². The summed E-state index contributed by atoms with van der Waals surface area (Å²) in [5, 5.41) is 0.860. The van der Waals surface area contributed by atoms with Crippen molar-refractivity contribution in [3.8, 4) is 5.75 Å². The number of guanidine groups is 1. The number of fused-ring (bicyclic) bond motifs is 1. The number of hydrogen-bond donors (Lipinski definition) is 3. The molecule has 2 aromatic rings. The number of carbonyl (C=O) groups excluding carboxylic acids is 1. The quantitative estimate of drug-likeness (QED) is 0.520. The molecule has 1 aromatic heterocycles. The summed E-state index contributed by atoms with van der Waals surface area (Å²) in [5.41, 5.74) is 11.4. The van der Waals surface area contributed by atoms with E-state index in [-0.39, 0.29) is 5.96 Å². The highest BCUT2D eigenvalue weighted by Crippen LogP contribution is 2.21. The van der Waals surface area contributed by atoms with E-state index in [0.717, 1.165) is 16.7 Å². The van der Waals surface area contributed by atoms with E-state index in [1.54, 1.807) is 19.2 Å². The molecule has 5 N–H and O–H groups in total. The first kappa shape index (κ1) is 11.0. The molecule has 0 spiro atoms. The Hall–Kier alpha value is -2.50. The van der Waals surface area contributed by atoms with Gasteiger partial charge in [-0.2, -0.15) is 4.99 Å². The largest absolute Gasteiger partial charge is 0.497 e. The zero-order valence-corrected chi connectivity index (χ0v) is 9.23. The minimum atomic E-state index is -0.500. The topological polar surface area (TPSA) is 106 Å². The van der Waals surface area contributed by atoms with E-state index in [2.05, 4.69) is 9.98 Å². The normalized spacial score (nSPS) is 10.2. The minimum Gasteiger partial charge on any atom is -0.497 e. The predicted molar refractivity (Wildman–Crippen MR) is 65.0 cm³/mol. The SMILES string of the molecule is COc1ccc2[nH]c(C(=O)N=C(N)N)cc2c1. The maximum absolute atomic E-state index is 11.6. The summed E-state index contributed by atoms with van der Waals surface area (Å²) in [4.78, 5) is 18.0. The van der Waals surface area contributed by atoms with Crippen molar-refractivity contribution in [2.45, 2.75) is 0 Å². The molecule has 0 saturated carbocycles. The Morgan fingerprint density at radius 1 is 1.35 bits per heavy atom. The second kappa shape index (κ2) is 4.17. The fourth-order valence-electron chi connectivity index (χ4n) is 1.53. The fraction of sp³-hybridized carbons (Fsp3) is 0.0909. The zero-order chi connectivity index (χ0) is 12.4. The summed E-state index contributed by atoms with van der Waals surface area (Å²) in [6.45, 7) is 0. The Bertz CT molecular complexity index is 597.